The molecule has 0 fully saturated rings. The predicted octanol–water partition coefficient (Wildman–Crippen LogP) is 4.45. The number of hydrogen-bond acceptors (Lipinski definition) is 1. The molecule has 0 atom stereocenters. The fourth-order valence-electron chi connectivity index (χ4n) is 2.62. The Morgan fingerprint density at radius 2 is 1.08 bits per heavy atom. The zero-order valence-electron chi connectivity index (χ0n) is 13.7. The van der Waals surface area contributed by atoms with Gasteiger partial charge in [0.15, 0.2) is 0 Å². The van der Waals surface area contributed by atoms with Gasteiger partial charge in [0, 0.05) is 10.6 Å². The molecule has 0 N–H and O–H groups in total. The van der Waals surface area contributed by atoms with Gasteiger partial charge in [-0.25, -0.2) is 24.3 Å². The van der Waals surface area contributed by atoms with E-state index in [1.54, 1.807) is 0 Å². The Morgan fingerprint density at radius 3 is 1.44 bits per heavy atom. The van der Waals surface area contributed by atoms with Crippen LogP contribution < -0.4 is 15.9 Å². The minimum atomic E-state index is -2.73. The topological polar surface area (TPSA) is 17.1 Å². The number of benzene rings is 2. The molecule has 4 aromatic rings. The van der Waals surface area contributed by atoms with Gasteiger partial charge in [0.2, 0.25) is 0 Å². The third kappa shape index (κ3) is 4.54. The first kappa shape index (κ1) is 19.3. The Bertz CT molecular complexity index is 806. The molecule has 126 valence electrons. The van der Waals surface area contributed by atoms with Crippen molar-refractivity contribution in [3.8, 4) is 0 Å². The van der Waals surface area contributed by atoms with Crippen LogP contribution in [0.2, 0.25) is 0 Å². The van der Waals surface area contributed by atoms with Gasteiger partial charge in [-0.3, -0.25) is 0 Å². The molecule has 0 unspecified atom stereocenters. The van der Waals surface area contributed by atoms with Crippen molar-refractivity contribution in [2.45, 2.75) is 0 Å². The molecule has 0 bridgehead atoms. The summed E-state index contributed by atoms with van der Waals surface area (Å²) in [5.74, 6) is 0. The molecule has 25 heavy (non-hydrogen) atoms. The molecule has 0 saturated carbocycles. The van der Waals surface area contributed by atoms with Gasteiger partial charge in [0.05, 0.1) is 0 Å². The summed E-state index contributed by atoms with van der Waals surface area (Å²) in [6.07, 6.45) is 0. The number of rotatable bonds is 3. The van der Waals surface area contributed by atoms with Crippen molar-refractivity contribution in [2.75, 3.05) is 0 Å². The minimum Gasteiger partial charge on any atom is -0.322 e. The molecule has 0 radical (unpaired) electrons. The van der Waals surface area contributed by atoms with Crippen LogP contribution in [0.15, 0.2) is 115 Å². The smallest absolute Gasteiger partial charge is 0.322 e. The van der Waals surface area contributed by atoms with Gasteiger partial charge < -0.3 is 4.57 Å². The Kier molecular flexibility index (Phi) is 7.32. The number of hydrogen-bond donors (Lipinski definition) is 0. The molecule has 1 nitrogen and oxygen atoms in total. The van der Waals surface area contributed by atoms with E-state index in [0.717, 1.165) is 15.9 Å². The molecule has 4 rings (SSSR count). The van der Waals surface area contributed by atoms with Crippen molar-refractivity contribution >= 4 is 23.1 Å². The second-order valence-corrected chi connectivity index (χ2v) is 8.15. The third-order valence-corrected chi connectivity index (χ3v) is 6.88. The summed E-state index contributed by atoms with van der Waals surface area (Å²) in [6.45, 7) is 0. The van der Waals surface area contributed by atoms with Gasteiger partial charge in [0.25, 0.3) is 0 Å². The summed E-state index contributed by atoms with van der Waals surface area (Å²) in [5, 5.41) is 2.66. The Morgan fingerprint density at radius 1 is 0.640 bits per heavy atom. The van der Waals surface area contributed by atoms with Crippen LogP contribution in [0.1, 0.15) is 0 Å². The fourth-order valence-corrected chi connectivity index (χ4v) is 5.29. The SMILES string of the molecule is O=P(c1ccccc1)(c1ccccc1)[c-]1cccc1.[Ru+2].c1cc[cH-]c1. The maximum atomic E-state index is 13.7. The molecular formula is C22H19OPRu. The first-order chi connectivity index (χ1) is 11.8. The van der Waals surface area contributed by atoms with E-state index in [1.807, 2.05) is 115 Å². The zero-order valence-corrected chi connectivity index (χ0v) is 16.3. The van der Waals surface area contributed by atoms with Crippen LogP contribution in [0.25, 0.3) is 0 Å². The standard InChI is InChI=1S/C17H14OP.C5H5.Ru/c18-19(17-13-7-8-14-17,15-9-3-1-4-10-15)16-11-5-2-6-12-16;1-2-4-5-3-1;/h1-14H;1-5H;/q2*-1;+2. The summed E-state index contributed by atoms with van der Waals surface area (Å²) in [7, 11) is -2.73. The average molecular weight is 431 g/mol. The van der Waals surface area contributed by atoms with Crippen molar-refractivity contribution in [2.24, 2.45) is 0 Å². The van der Waals surface area contributed by atoms with Crippen molar-refractivity contribution in [3.63, 3.8) is 0 Å². The van der Waals surface area contributed by atoms with E-state index in [0.29, 0.717) is 0 Å². The molecule has 0 heterocycles. The first-order valence-electron chi connectivity index (χ1n) is 7.92. The Balaban J connectivity index is 0.000000325. The first-order valence-corrected chi connectivity index (χ1v) is 9.63. The largest absolute Gasteiger partial charge is 2.00 e. The molecule has 0 amide bonds. The van der Waals surface area contributed by atoms with Crippen molar-refractivity contribution < 1.29 is 24.0 Å². The predicted molar refractivity (Wildman–Crippen MR) is 103 cm³/mol. The van der Waals surface area contributed by atoms with E-state index >= 15 is 0 Å². The Labute approximate surface area is 162 Å². The third-order valence-electron chi connectivity index (χ3n) is 3.80. The average Bonchev–Trinajstić information content (AvgIpc) is 3.38. The van der Waals surface area contributed by atoms with Gasteiger partial charge in [-0.15, -0.1) is 0 Å². The van der Waals surface area contributed by atoms with Crippen LogP contribution in [0.3, 0.4) is 0 Å². The molecule has 0 spiro atoms. The van der Waals surface area contributed by atoms with Crippen LogP contribution >= 0.6 is 7.14 Å². The molecule has 0 aliphatic heterocycles. The molecule has 4 aromatic carbocycles. The molecule has 0 aliphatic rings. The normalized spacial score (nSPS) is 10.2. The second-order valence-electron chi connectivity index (χ2n) is 5.39. The summed E-state index contributed by atoms with van der Waals surface area (Å²) in [5.41, 5.74) is 0. The molecular weight excluding hydrogens is 412 g/mol. The fraction of sp³-hybridized carbons (Fsp3) is 0. The van der Waals surface area contributed by atoms with Crippen molar-refractivity contribution in [1.29, 1.82) is 0 Å². The second kappa shape index (κ2) is 9.47. The summed E-state index contributed by atoms with van der Waals surface area (Å²) < 4.78 is 13.7. The van der Waals surface area contributed by atoms with E-state index in [1.165, 1.54) is 0 Å². The molecule has 3 heteroatoms. The van der Waals surface area contributed by atoms with Crippen LogP contribution in [-0.2, 0) is 24.0 Å². The van der Waals surface area contributed by atoms with Gasteiger partial charge in [-0.2, -0.15) is 30.3 Å². The summed E-state index contributed by atoms with van der Waals surface area (Å²) in [4.78, 5) is 0. The van der Waals surface area contributed by atoms with Gasteiger partial charge >= 0.3 is 19.5 Å². The van der Waals surface area contributed by atoms with Crippen LogP contribution in [0.5, 0.6) is 0 Å². The molecule has 0 saturated heterocycles. The summed E-state index contributed by atoms with van der Waals surface area (Å²) >= 11 is 0. The van der Waals surface area contributed by atoms with Crippen LogP contribution in [0.4, 0.5) is 0 Å². The summed E-state index contributed by atoms with van der Waals surface area (Å²) in [6, 6.07) is 37.2. The maximum Gasteiger partial charge on any atom is 2.00 e. The van der Waals surface area contributed by atoms with E-state index in [4.69, 9.17) is 0 Å². The van der Waals surface area contributed by atoms with E-state index < -0.39 is 7.14 Å². The quantitative estimate of drug-likeness (QED) is 0.266. The molecule has 0 aliphatic carbocycles. The maximum absolute atomic E-state index is 13.7. The van der Waals surface area contributed by atoms with E-state index in [2.05, 4.69) is 0 Å². The van der Waals surface area contributed by atoms with Crippen molar-refractivity contribution in [1.82, 2.24) is 0 Å². The van der Waals surface area contributed by atoms with Crippen LogP contribution in [-0.4, -0.2) is 0 Å². The Hall–Kier alpha value is -2.01. The molecule has 0 aromatic heterocycles. The monoisotopic (exact) mass is 432 g/mol. The van der Waals surface area contributed by atoms with Gasteiger partial charge in [0.1, 0.15) is 7.14 Å². The van der Waals surface area contributed by atoms with Crippen molar-refractivity contribution in [3.05, 3.63) is 115 Å². The van der Waals surface area contributed by atoms with Gasteiger partial charge in [-0.1, -0.05) is 66.0 Å². The van der Waals surface area contributed by atoms with E-state index in [9.17, 15) is 4.57 Å². The van der Waals surface area contributed by atoms with Crippen LogP contribution in [0, 0.1) is 0 Å². The zero-order chi connectivity index (χ0) is 16.7. The van der Waals surface area contributed by atoms with Gasteiger partial charge in [-0.05, 0) is 0 Å². The minimum absolute atomic E-state index is 0. The van der Waals surface area contributed by atoms with E-state index in [-0.39, 0.29) is 19.5 Å².